The second-order valence-electron chi connectivity index (χ2n) is 11.2. The summed E-state index contributed by atoms with van der Waals surface area (Å²) in [5.74, 6) is 4.58. The van der Waals surface area contributed by atoms with Crippen molar-refractivity contribution in [2.24, 2.45) is 17.8 Å². The zero-order valence-corrected chi connectivity index (χ0v) is 22.0. The van der Waals surface area contributed by atoms with Crippen LogP contribution < -0.4 is 9.47 Å². The topological polar surface area (TPSA) is 18.5 Å². The highest BCUT2D eigenvalue weighted by Gasteiger charge is 2.32. The van der Waals surface area contributed by atoms with E-state index in [9.17, 15) is 0 Å². The van der Waals surface area contributed by atoms with E-state index in [0.29, 0.717) is 6.61 Å². The van der Waals surface area contributed by atoms with Crippen LogP contribution in [0.4, 0.5) is 0 Å². The molecule has 0 fully saturated rings. The number of fused-ring (bicyclic) bond motifs is 1. The van der Waals surface area contributed by atoms with Gasteiger partial charge in [-0.3, -0.25) is 0 Å². The molecule has 0 aliphatic carbocycles. The predicted molar refractivity (Wildman–Crippen MR) is 139 cm³/mol. The van der Waals surface area contributed by atoms with E-state index in [4.69, 9.17) is 9.47 Å². The van der Waals surface area contributed by atoms with Crippen LogP contribution in [0.3, 0.4) is 0 Å². The van der Waals surface area contributed by atoms with Crippen molar-refractivity contribution in [3.05, 3.63) is 35.9 Å². The van der Waals surface area contributed by atoms with Crippen LogP contribution in [-0.2, 0) is 6.42 Å². The Kier molecular flexibility index (Phi) is 11.2. The Balaban J connectivity index is 1.70. The Labute approximate surface area is 199 Å². The molecular formula is C30H50O2. The average Bonchev–Trinajstić information content (AvgIpc) is 2.72. The first-order valence-corrected chi connectivity index (χ1v) is 13.3. The van der Waals surface area contributed by atoms with Crippen molar-refractivity contribution in [2.75, 3.05) is 6.61 Å². The van der Waals surface area contributed by atoms with Crippen molar-refractivity contribution < 1.29 is 9.47 Å². The van der Waals surface area contributed by atoms with Crippen LogP contribution in [-0.4, -0.2) is 12.2 Å². The van der Waals surface area contributed by atoms with Gasteiger partial charge < -0.3 is 9.47 Å². The molecule has 3 atom stereocenters. The van der Waals surface area contributed by atoms with Crippen molar-refractivity contribution in [3.8, 4) is 11.5 Å². The maximum absolute atomic E-state index is 6.58. The molecule has 0 N–H and O–H groups in total. The van der Waals surface area contributed by atoms with Gasteiger partial charge in [0.2, 0.25) is 0 Å². The zero-order valence-electron chi connectivity index (χ0n) is 22.0. The van der Waals surface area contributed by atoms with Gasteiger partial charge in [-0.2, -0.15) is 0 Å². The van der Waals surface area contributed by atoms with Gasteiger partial charge in [0.15, 0.2) is 0 Å². The SMILES string of the molecule is C=CCOc1cc(C)c2c(c1)CC[C@@](C)(CCC[C@H](C)CCC[C@H](C)CCCC(C)C)O2. The van der Waals surface area contributed by atoms with Crippen LogP contribution >= 0.6 is 0 Å². The fourth-order valence-corrected chi connectivity index (χ4v) is 5.06. The molecule has 0 saturated heterocycles. The Hall–Kier alpha value is -1.44. The summed E-state index contributed by atoms with van der Waals surface area (Å²) >= 11 is 0. The maximum Gasteiger partial charge on any atom is 0.126 e. The van der Waals surface area contributed by atoms with E-state index >= 15 is 0 Å². The lowest BCUT2D eigenvalue weighted by atomic mass is 9.85. The fourth-order valence-electron chi connectivity index (χ4n) is 5.06. The predicted octanol–water partition coefficient (Wildman–Crippen LogP) is 9.08. The smallest absolute Gasteiger partial charge is 0.126 e. The zero-order chi connectivity index (χ0) is 23.6. The summed E-state index contributed by atoms with van der Waals surface area (Å²) in [4.78, 5) is 0. The van der Waals surface area contributed by atoms with Gasteiger partial charge in [0.05, 0.1) is 0 Å². The summed E-state index contributed by atoms with van der Waals surface area (Å²) in [5.41, 5.74) is 2.44. The van der Waals surface area contributed by atoms with Gasteiger partial charge in [0.25, 0.3) is 0 Å². The number of aryl methyl sites for hydroxylation is 2. The van der Waals surface area contributed by atoms with Gasteiger partial charge in [-0.25, -0.2) is 0 Å². The highest BCUT2D eigenvalue weighted by Crippen LogP contribution is 2.40. The third-order valence-electron chi connectivity index (χ3n) is 7.24. The molecule has 2 nitrogen and oxygen atoms in total. The molecule has 2 heteroatoms. The quantitative estimate of drug-likeness (QED) is 0.252. The fraction of sp³-hybridized carbons (Fsp3) is 0.733. The molecule has 0 unspecified atom stereocenters. The minimum atomic E-state index is -0.0358. The minimum absolute atomic E-state index is 0.0358. The highest BCUT2D eigenvalue weighted by molar-refractivity contribution is 5.48. The van der Waals surface area contributed by atoms with Crippen molar-refractivity contribution >= 4 is 0 Å². The standard InChI is InChI=1S/C30H50O2/c1-8-20-31-28-21-26(6)29-27(22-28)17-19-30(7,32-29)18-11-16-25(5)15-10-14-24(4)13-9-12-23(2)3/h8,21-25H,1,9-20H2,2-7H3/t24-,25-,30-/m1/s1. The first-order valence-electron chi connectivity index (χ1n) is 13.3. The first-order chi connectivity index (χ1) is 15.2. The van der Waals surface area contributed by atoms with Gasteiger partial charge >= 0.3 is 0 Å². The lowest BCUT2D eigenvalue weighted by Crippen LogP contribution is -2.36. The summed E-state index contributed by atoms with van der Waals surface area (Å²) in [6, 6.07) is 4.25. The summed E-state index contributed by atoms with van der Waals surface area (Å²) in [6.45, 7) is 18.3. The number of ether oxygens (including phenoxy) is 2. The molecule has 0 aromatic heterocycles. The molecule has 1 aliphatic heterocycles. The van der Waals surface area contributed by atoms with Crippen molar-refractivity contribution in [2.45, 2.75) is 118 Å². The lowest BCUT2D eigenvalue weighted by Gasteiger charge is -2.37. The molecule has 0 spiro atoms. The van der Waals surface area contributed by atoms with Gasteiger partial charge in [-0.1, -0.05) is 85.3 Å². The molecule has 32 heavy (non-hydrogen) atoms. The van der Waals surface area contributed by atoms with E-state index in [0.717, 1.165) is 48.5 Å². The van der Waals surface area contributed by atoms with Gasteiger partial charge in [0.1, 0.15) is 23.7 Å². The number of benzene rings is 1. The third-order valence-corrected chi connectivity index (χ3v) is 7.24. The highest BCUT2D eigenvalue weighted by atomic mass is 16.5. The summed E-state index contributed by atoms with van der Waals surface area (Å²) in [7, 11) is 0. The maximum atomic E-state index is 6.58. The largest absolute Gasteiger partial charge is 0.490 e. The molecule has 2 rings (SSSR count). The summed E-state index contributed by atoms with van der Waals surface area (Å²) < 4.78 is 12.3. The van der Waals surface area contributed by atoms with Crippen LogP contribution in [0.15, 0.2) is 24.8 Å². The van der Waals surface area contributed by atoms with E-state index in [1.807, 2.05) is 0 Å². The van der Waals surface area contributed by atoms with Gasteiger partial charge in [-0.15, -0.1) is 0 Å². The van der Waals surface area contributed by atoms with E-state index < -0.39 is 0 Å². The Morgan fingerprint density at radius 3 is 2.25 bits per heavy atom. The Morgan fingerprint density at radius 1 is 1.00 bits per heavy atom. The van der Waals surface area contributed by atoms with Crippen LogP contribution in [0.25, 0.3) is 0 Å². The van der Waals surface area contributed by atoms with Crippen molar-refractivity contribution in [1.29, 1.82) is 0 Å². The molecule has 182 valence electrons. The average molecular weight is 443 g/mol. The lowest BCUT2D eigenvalue weighted by molar-refractivity contribution is 0.0514. The second-order valence-corrected chi connectivity index (χ2v) is 11.2. The van der Waals surface area contributed by atoms with Gasteiger partial charge in [0, 0.05) is 0 Å². The van der Waals surface area contributed by atoms with E-state index in [1.165, 1.54) is 62.5 Å². The number of rotatable bonds is 15. The first kappa shape index (κ1) is 26.8. The van der Waals surface area contributed by atoms with Crippen molar-refractivity contribution in [1.82, 2.24) is 0 Å². The summed E-state index contributed by atoms with van der Waals surface area (Å²) in [6.07, 6.45) is 16.0. The molecule has 0 saturated carbocycles. The summed E-state index contributed by atoms with van der Waals surface area (Å²) in [5, 5.41) is 0. The third kappa shape index (κ3) is 9.20. The Morgan fingerprint density at radius 2 is 1.62 bits per heavy atom. The van der Waals surface area contributed by atoms with Gasteiger partial charge in [-0.05, 0) is 80.5 Å². The molecular weight excluding hydrogens is 392 g/mol. The van der Waals surface area contributed by atoms with Crippen molar-refractivity contribution in [3.63, 3.8) is 0 Å². The molecule has 0 bridgehead atoms. The van der Waals surface area contributed by atoms with Crippen LogP contribution in [0, 0.1) is 24.7 Å². The molecule has 1 aliphatic rings. The molecule has 1 heterocycles. The molecule has 0 radical (unpaired) electrons. The van der Waals surface area contributed by atoms with Crippen LogP contribution in [0.5, 0.6) is 11.5 Å². The normalized spacial score (nSPS) is 19.8. The van der Waals surface area contributed by atoms with Crippen LogP contribution in [0.2, 0.25) is 0 Å². The van der Waals surface area contributed by atoms with E-state index in [2.05, 4.69) is 60.3 Å². The molecule has 1 aromatic carbocycles. The molecule has 1 aromatic rings. The van der Waals surface area contributed by atoms with E-state index in [1.54, 1.807) is 6.08 Å². The number of hydrogen-bond donors (Lipinski definition) is 0. The molecule has 0 amide bonds. The minimum Gasteiger partial charge on any atom is -0.490 e. The van der Waals surface area contributed by atoms with Crippen LogP contribution in [0.1, 0.15) is 110 Å². The van der Waals surface area contributed by atoms with E-state index in [-0.39, 0.29) is 5.60 Å². The number of hydrogen-bond acceptors (Lipinski definition) is 2. The Bertz CT molecular complexity index is 692. The second kappa shape index (κ2) is 13.3. The monoisotopic (exact) mass is 442 g/mol.